The summed E-state index contributed by atoms with van der Waals surface area (Å²) in [6.07, 6.45) is -4.67. The van der Waals surface area contributed by atoms with Crippen molar-refractivity contribution in [3.63, 3.8) is 0 Å². The molecule has 1 saturated heterocycles. The van der Waals surface area contributed by atoms with Gasteiger partial charge >= 0.3 is 6.18 Å². The lowest BCUT2D eigenvalue weighted by atomic mass is 10.1. The van der Waals surface area contributed by atoms with Crippen LogP contribution in [0.15, 0.2) is 18.2 Å². The number of sulfone groups is 1. The molecule has 1 aliphatic rings. The molecular weight excluding hydrogens is 349 g/mol. The van der Waals surface area contributed by atoms with E-state index in [9.17, 15) is 31.2 Å². The number of nitrogens with one attached hydrogen (secondary N) is 2. The van der Waals surface area contributed by atoms with E-state index in [1.54, 1.807) is 0 Å². The van der Waals surface area contributed by atoms with Gasteiger partial charge in [-0.2, -0.15) is 13.2 Å². The van der Waals surface area contributed by atoms with E-state index in [2.05, 4.69) is 10.6 Å². The third-order valence-corrected chi connectivity index (χ3v) is 5.27. The van der Waals surface area contributed by atoms with Crippen molar-refractivity contribution in [2.75, 3.05) is 22.1 Å². The summed E-state index contributed by atoms with van der Waals surface area (Å²) in [7, 11) is -3.32. The lowest BCUT2D eigenvalue weighted by molar-refractivity contribution is -0.137. The van der Waals surface area contributed by atoms with Crippen molar-refractivity contribution in [2.45, 2.75) is 19.5 Å². The molecule has 1 unspecified atom stereocenters. The first kappa shape index (κ1) is 18.2. The molecule has 24 heavy (non-hydrogen) atoms. The van der Waals surface area contributed by atoms with E-state index in [1.807, 2.05) is 0 Å². The maximum Gasteiger partial charge on any atom is 0.418 e. The normalized spacial score (nSPS) is 19.8. The molecule has 10 heteroatoms. The molecular formula is C14H15F3N2O4S. The van der Waals surface area contributed by atoms with E-state index in [0.717, 1.165) is 13.0 Å². The molecule has 132 valence electrons. The molecule has 1 heterocycles. The number of benzene rings is 1. The fraction of sp³-hybridized carbons (Fsp3) is 0.429. The molecule has 6 nitrogen and oxygen atoms in total. The number of hydrogen-bond acceptors (Lipinski definition) is 4. The Bertz CT molecular complexity index is 775. The number of anilines is 2. The summed E-state index contributed by atoms with van der Waals surface area (Å²) in [6, 6.07) is 2.95. The van der Waals surface area contributed by atoms with Crippen LogP contribution in [0.5, 0.6) is 0 Å². The second kappa shape index (κ2) is 6.42. The number of carbonyl (C=O) groups is 2. The van der Waals surface area contributed by atoms with Gasteiger partial charge < -0.3 is 10.6 Å². The molecule has 0 aliphatic carbocycles. The van der Waals surface area contributed by atoms with E-state index in [-0.39, 0.29) is 23.6 Å². The minimum absolute atomic E-state index is 0.0590. The van der Waals surface area contributed by atoms with E-state index in [1.165, 1.54) is 6.07 Å². The summed E-state index contributed by atoms with van der Waals surface area (Å²) in [6.45, 7) is 1.16. The van der Waals surface area contributed by atoms with Crippen LogP contribution in [0.2, 0.25) is 0 Å². The molecule has 1 aliphatic heterocycles. The van der Waals surface area contributed by atoms with Crippen LogP contribution in [0.4, 0.5) is 24.5 Å². The van der Waals surface area contributed by atoms with Crippen LogP contribution in [0, 0.1) is 5.92 Å². The zero-order valence-electron chi connectivity index (χ0n) is 12.6. The van der Waals surface area contributed by atoms with Crippen LogP contribution in [-0.4, -0.2) is 31.7 Å². The second-order valence-corrected chi connectivity index (χ2v) is 7.76. The molecule has 2 rings (SSSR count). The van der Waals surface area contributed by atoms with Gasteiger partial charge in [0.15, 0.2) is 9.84 Å². The number of halogens is 3. The smallest absolute Gasteiger partial charge is 0.326 e. The monoisotopic (exact) mass is 364 g/mol. The molecule has 1 aromatic rings. The predicted octanol–water partition coefficient (Wildman–Crippen LogP) is 2.04. The van der Waals surface area contributed by atoms with Crippen molar-refractivity contribution in [3.05, 3.63) is 23.8 Å². The third kappa shape index (κ3) is 4.47. The van der Waals surface area contributed by atoms with Crippen molar-refractivity contribution in [1.29, 1.82) is 0 Å². The van der Waals surface area contributed by atoms with Gasteiger partial charge in [0.1, 0.15) is 0 Å². The Hall–Kier alpha value is -2.10. The summed E-state index contributed by atoms with van der Waals surface area (Å²) in [5.74, 6) is -2.70. The highest BCUT2D eigenvalue weighted by Gasteiger charge is 2.37. The maximum absolute atomic E-state index is 13.2. The van der Waals surface area contributed by atoms with E-state index in [0.29, 0.717) is 6.07 Å². The quantitative estimate of drug-likeness (QED) is 0.858. The third-order valence-electron chi connectivity index (χ3n) is 3.51. The van der Waals surface area contributed by atoms with Gasteiger partial charge in [-0.3, -0.25) is 9.59 Å². The zero-order chi connectivity index (χ0) is 18.1. The summed E-state index contributed by atoms with van der Waals surface area (Å²) in [5.41, 5.74) is -1.66. The highest BCUT2D eigenvalue weighted by atomic mass is 32.2. The zero-order valence-corrected chi connectivity index (χ0v) is 13.4. The van der Waals surface area contributed by atoms with Crippen molar-refractivity contribution >= 4 is 33.0 Å². The maximum atomic E-state index is 13.2. The highest BCUT2D eigenvalue weighted by Crippen LogP contribution is 2.37. The second-order valence-electron chi connectivity index (χ2n) is 5.53. The summed E-state index contributed by atoms with van der Waals surface area (Å²) >= 11 is 0. The summed E-state index contributed by atoms with van der Waals surface area (Å²) < 4.78 is 62.2. The average molecular weight is 364 g/mol. The van der Waals surface area contributed by atoms with Gasteiger partial charge in [-0.1, -0.05) is 0 Å². The molecule has 1 atom stereocenters. The average Bonchev–Trinajstić information content (AvgIpc) is 2.79. The van der Waals surface area contributed by atoms with Crippen LogP contribution in [0.1, 0.15) is 18.9 Å². The molecule has 0 aromatic heterocycles. The van der Waals surface area contributed by atoms with Crippen molar-refractivity contribution in [2.24, 2.45) is 5.92 Å². The van der Waals surface area contributed by atoms with Crippen LogP contribution >= 0.6 is 0 Å². The molecule has 0 bridgehead atoms. The Kier molecular flexibility index (Phi) is 4.88. The SMILES string of the molecule is CC(=O)Nc1ccc(NC(=O)C2CCS(=O)(=O)C2)c(C(F)(F)F)c1. The number of amides is 2. The molecule has 2 amide bonds. The van der Waals surface area contributed by atoms with Gasteiger partial charge in [-0.15, -0.1) is 0 Å². The van der Waals surface area contributed by atoms with Gasteiger partial charge in [0.05, 0.1) is 28.7 Å². The van der Waals surface area contributed by atoms with E-state index >= 15 is 0 Å². The first-order valence-electron chi connectivity index (χ1n) is 6.98. The van der Waals surface area contributed by atoms with Crippen LogP contribution in [0.25, 0.3) is 0 Å². The molecule has 1 aromatic carbocycles. The van der Waals surface area contributed by atoms with Gasteiger partial charge in [0, 0.05) is 12.6 Å². The Labute approximate surface area is 136 Å². The van der Waals surface area contributed by atoms with Gasteiger partial charge in [-0.05, 0) is 24.6 Å². The molecule has 1 fully saturated rings. The van der Waals surface area contributed by atoms with Crippen molar-refractivity contribution in [1.82, 2.24) is 0 Å². The number of alkyl halides is 3. The largest absolute Gasteiger partial charge is 0.418 e. The van der Waals surface area contributed by atoms with Crippen molar-refractivity contribution < 1.29 is 31.2 Å². The van der Waals surface area contributed by atoms with Crippen LogP contribution < -0.4 is 10.6 Å². The summed E-state index contributed by atoms with van der Waals surface area (Å²) in [4.78, 5) is 23.0. The highest BCUT2D eigenvalue weighted by molar-refractivity contribution is 7.91. The molecule has 0 saturated carbocycles. The Balaban J connectivity index is 2.26. The molecule has 0 radical (unpaired) electrons. The van der Waals surface area contributed by atoms with Gasteiger partial charge in [0.25, 0.3) is 0 Å². The first-order valence-corrected chi connectivity index (χ1v) is 8.80. The fourth-order valence-electron chi connectivity index (χ4n) is 2.41. The Morgan fingerprint density at radius 3 is 2.38 bits per heavy atom. The fourth-order valence-corrected chi connectivity index (χ4v) is 4.15. The lowest BCUT2D eigenvalue weighted by Crippen LogP contribution is -2.25. The molecule has 0 spiro atoms. The number of carbonyl (C=O) groups excluding carboxylic acids is 2. The van der Waals surface area contributed by atoms with E-state index in [4.69, 9.17) is 0 Å². The molecule has 2 N–H and O–H groups in total. The predicted molar refractivity (Wildman–Crippen MR) is 81.1 cm³/mol. The van der Waals surface area contributed by atoms with Crippen LogP contribution in [0.3, 0.4) is 0 Å². The number of rotatable bonds is 3. The Morgan fingerprint density at radius 1 is 1.21 bits per heavy atom. The van der Waals surface area contributed by atoms with E-state index < -0.39 is 45.0 Å². The topological polar surface area (TPSA) is 92.3 Å². The van der Waals surface area contributed by atoms with Crippen molar-refractivity contribution in [3.8, 4) is 0 Å². The lowest BCUT2D eigenvalue weighted by Gasteiger charge is -2.17. The summed E-state index contributed by atoms with van der Waals surface area (Å²) in [5, 5.41) is 4.37. The van der Waals surface area contributed by atoms with Gasteiger partial charge in [0.2, 0.25) is 11.8 Å². The first-order chi connectivity index (χ1) is 11.0. The standard InChI is InChI=1S/C14H15F3N2O4S/c1-8(20)18-10-2-3-12(11(6-10)14(15,16)17)19-13(21)9-4-5-24(22,23)7-9/h2-3,6,9H,4-5,7H2,1H3,(H,18,20)(H,19,21). The Morgan fingerprint density at radius 2 is 1.88 bits per heavy atom. The van der Waals surface area contributed by atoms with Gasteiger partial charge in [-0.25, -0.2) is 8.42 Å². The minimum Gasteiger partial charge on any atom is -0.326 e. The number of hydrogen-bond donors (Lipinski definition) is 2. The van der Waals surface area contributed by atoms with Crippen LogP contribution in [-0.2, 0) is 25.6 Å². The minimum atomic E-state index is -4.75.